The van der Waals surface area contributed by atoms with Crippen molar-refractivity contribution in [3.8, 4) is 5.75 Å². The molecule has 1 aromatic carbocycles. The predicted molar refractivity (Wildman–Crippen MR) is 55.2 cm³/mol. The zero-order chi connectivity index (χ0) is 10.8. The minimum Gasteiger partial charge on any atom is -0.492 e. The van der Waals surface area contributed by atoms with Gasteiger partial charge in [-0.15, -0.1) is 0 Å². The number of carboxylic acid groups (broad SMARTS) is 1. The number of hydrogen-bond donors (Lipinski definition) is 2. The van der Waals surface area contributed by atoms with Crippen molar-refractivity contribution in [1.82, 2.24) is 5.32 Å². The highest BCUT2D eigenvalue weighted by molar-refractivity contribution is 5.88. The van der Waals surface area contributed by atoms with Crippen molar-refractivity contribution in [1.29, 1.82) is 0 Å². The highest BCUT2D eigenvalue weighted by Gasteiger charge is 2.14. The average molecular weight is 207 g/mol. The Labute approximate surface area is 87.9 Å². The van der Waals surface area contributed by atoms with Crippen LogP contribution in [0.2, 0.25) is 0 Å². The lowest BCUT2D eigenvalue weighted by molar-refractivity contribution is 0.0696. The normalized spacial score (nSPS) is 19.9. The van der Waals surface area contributed by atoms with Crippen LogP contribution >= 0.6 is 0 Å². The summed E-state index contributed by atoms with van der Waals surface area (Å²) >= 11 is 0. The third kappa shape index (κ3) is 2.10. The summed E-state index contributed by atoms with van der Waals surface area (Å²) in [7, 11) is 0. The van der Waals surface area contributed by atoms with Gasteiger partial charge in [-0.2, -0.15) is 0 Å². The molecule has 0 aromatic heterocycles. The molecule has 2 rings (SSSR count). The molecule has 0 aliphatic carbocycles. The maximum atomic E-state index is 10.8. The van der Waals surface area contributed by atoms with Crippen LogP contribution in [0.5, 0.6) is 5.75 Å². The summed E-state index contributed by atoms with van der Waals surface area (Å²) in [5.41, 5.74) is 1.27. The SMILES string of the molecule is C[C@@H]1COc2cc(C(=O)O)ccc2CN1. The lowest BCUT2D eigenvalue weighted by Crippen LogP contribution is -2.28. The Kier molecular flexibility index (Phi) is 2.60. The Balaban J connectivity index is 2.32. The van der Waals surface area contributed by atoms with Gasteiger partial charge < -0.3 is 15.2 Å². The summed E-state index contributed by atoms with van der Waals surface area (Å²) in [6.07, 6.45) is 0. The van der Waals surface area contributed by atoms with E-state index >= 15 is 0 Å². The summed E-state index contributed by atoms with van der Waals surface area (Å²) in [6.45, 7) is 3.32. The molecule has 0 saturated carbocycles. The van der Waals surface area contributed by atoms with E-state index in [9.17, 15) is 4.79 Å². The second kappa shape index (κ2) is 3.90. The number of fused-ring (bicyclic) bond motifs is 1. The quantitative estimate of drug-likeness (QED) is 0.727. The molecular weight excluding hydrogens is 194 g/mol. The van der Waals surface area contributed by atoms with E-state index in [1.54, 1.807) is 18.2 Å². The standard InChI is InChI=1S/C11H13NO3/c1-7-6-15-10-4-8(11(13)14)2-3-9(10)5-12-7/h2-4,7,12H,5-6H2,1H3,(H,13,14)/t7-/m1/s1. The number of nitrogens with one attached hydrogen (secondary N) is 1. The van der Waals surface area contributed by atoms with Gasteiger partial charge in [-0.3, -0.25) is 0 Å². The second-order valence-corrected chi connectivity index (χ2v) is 3.72. The molecule has 1 aliphatic rings. The number of aromatic carboxylic acids is 1. The lowest BCUT2D eigenvalue weighted by Gasteiger charge is -2.08. The van der Waals surface area contributed by atoms with Crippen LogP contribution in [-0.2, 0) is 6.54 Å². The number of carboxylic acids is 1. The van der Waals surface area contributed by atoms with Crippen molar-refractivity contribution in [2.75, 3.05) is 6.61 Å². The van der Waals surface area contributed by atoms with Crippen molar-refractivity contribution in [3.05, 3.63) is 29.3 Å². The van der Waals surface area contributed by atoms with Crippen molar-refractivity contribution in [3.63, 3.8) is 0 Å². The number of rotatable bonds is 1. The van der Waals surface area contributed by atoms with Gasteiger partial charge in [-0.05, 0) is 19.1 Å². The smallest absolute Gasteiger partial charge is 0.335 e. The maximum Gasteiger partial charge on any atom is 0.335 e. The molecule has 0 fully saturated rings. The van der Waals surface area contributed by atoms with Gasteiger partial charge in [0.05, 0.1) is 5.56 Å². The van der Waals surface area contributed by atoms with Crippen LogP contribution in [0.15, 0.2) is 18.2 Å². The summed E-state index contributed by atoms with van der Waals surface area (Å²) in [6, 6.07) is 5.26. The molecule has 80 valence electrons. The molecular formula is C11H13NO3. The fraction of sp³-hybridized carbons (Fsp3) is 0.364. The van der Waals surface area contributed by atoms with Crippen LogP contribution in [0, 0.1) is 0 Å². The van der Waals surface area contributed by atoms with E-state index < -0.39 is 5.97 Å². The Morgan fingerprint density at radius 2 is 2.40 bits per heavy atom. The van der Waals surface area contributed by atoms with Crippen molar-refractivity contribution in [2.24, 2.45) is 0 Å². The molecule has 0 amide bonds. The molecule has 0 radical (unpaired) electrons. The Morgan fingerprint density at radius 3 is 3.13 bits per heavy atom. The van der Waals surface area contributed by atoms with Gasteiger partial charge >= 0.3 is 5.97 Å². The van der Waals surface area contributed by atoms with Gasteiger partial charge in [0.15, 0.2) is 0 Å². The predicted octanol–water partition coefficient (Wildman–Crippen LogP) is 1.26. The fourth-order valence-corrected chi connectivity index (χ4v) is 1.53. The summed E-state index contributed by atoms with van der Waals surface area (Å²) < 4.78 is 5.53. The number of benzene rings is 1. The van der Waals surface area contributed by atoms with Crippen LogP contribution in [-0.4, -0.2) is 23.7 Å². The summed E-state index contributed by atoms with van der Waals surface area (Å²) in [5.74, 6) is -0.251. The third-order valence-electron chi connectivity index (χ3n) is 2.44. The van der Waals surface area contributed by atoms with Gasteiger partial charge in [-0.1, -0.05) is 6.07 Å². The average Bonchev–Trinajstić information content (AvgIpc) is 2.40. The van der Waals surface area contributed by atoms with Crippen molar-refractivity contribution < 1.29 is 14.6 Å². The molecule has 4 nitrogen and oxygen atoms in total. The van der Waals surface area contributed by atoms with E-state index in [1.807, 2.05) is 6.92 Å². The molecule has 0 unspecified atom stereocenters. The van der Waals surface area contributed by atoms with Crippen molar-refractivity contribution in [2.45, 2.75) is 19.5 Å². The van der Waals surface area contributed by atoms with Crippen LogP contribution in [0.1, 0.15) is 22.8 Å². The first-order valence-corrected chi connectivity index (χ1v) is 4.89. The molecule has 1 aliphatic heterocycles. The molecule has 1 atom stereocenters. The number of hydrogen-bond acceptors (Lipinski definition) is 3. The van der Waals surface area contributed by atoms with E-state index in [1.165, 1.54) is 0 Å². The maximum absolute atomic E-state index is 10.8. The first kappa shape index (κ1) is 9.98. The van der Waals surface area contributed by atoms with E-state index in [0.717, 1.165) is 12.1 Å². The van der Waals surface area contributed by atoms with Crippen LogP contribution < -0.4 is 10.1 Å². The Morgan fingerprint density at radius 1 is 1.60 bits per heavy atom. The molecule has 2 N–H and O–H groups in total. The first-order valence-electron chi connectivity index (χ1n) is 4.89. The number of carbonyl (C=O) groups is 1. The van der Waals surface area contributed by atoms with Crippen LogP contribution in [0.4, 0.5) is 0 Å². The zero-order valence-electron chi connectivity index (χ0n) is 8.49. The minimum atomic E-state index is -0.924. The minimum absolute atomic E-state index is 0.267. The molecule has 0 bridgehead atoms. The molecule has 0 spiro atoms. The topological polar surface area (TPSA) is 58.6 Å². The largest absolute Gasteiger partial charge is 0.492 e. The third-order valence-corrected chi connectivity index (χ3v) is 2.44. The second-order valence-electron chi connectivity index (χ2n) is 3.72. The monoisotopic (exact) mass is 207 g/mol. The Hall–Kier alpha value is -1.55. The molecule has 0 saturated heterocycles. The highest BCUT2D eigenvalue weighted by atomic mass is 16.5. The summed E-state index contributed by atoms with van der Waals surface area (Å²) in [5, 5.41) is 12.1. The molecule has 1 heterocycles. The van der Waals surface area contributed by atoms with E-state index in [-0.39, 0.29) is 11.6 Å². The van der Waals surface area contributed by atoms with Gasteiger partial charge in [-0.25, -0.2) is 4.79 Å². The lowest BCUT2D eigenvalue weighted by atomic mass is 10.1. The van der Waals surface area contributed by atoms with Gasteiger partial charge in [0, 0.05) is 18.2 Å². The molecule has 4 heteroatoms. The van der Waals surface area contributed by atoms with Crippen LogP contribution in [0.25, 0.3) is 0 Å². The molecule has 15 heavy (non-hydrogen) atoms. The highest BCUT2D eigenvalue weighted by Crippen LogP contribution is 2.22. The van der Waals surface area contributed by atoms with Crippen LogP contribution in [0.3, 0.4) is 0 Å². The van der Waals surface area contributed by atoms with Crippen molar-refractivity contribution >= 4 is 5.97 Å². The first-order chi connectivity index (χ1) is 7.16. The van der Waals surface area contributed by atoms with Gasteiger partial charge in [0.2, 0.25) is 0 Å². The van der Waals surface area contributed by atoms with Gasteiger partial charge in [0.25, 0.3) is 0 Å². The van der Waals surface area contributed by atoms with E-state index in [0.29, 0.717) is 12.4 Å². The van der Waals surface area contributed by atoms with Gasteiger partial charge in [0.1, 0.15) is 12.4 Å². The molecule has 1 aromatic rings. The number of ether oxygens (including phenoxy) is 1. The summed E-state index contributed by atoms with van der Waals surface area (Å²) in [4.78, 5) is 10.8. The van der Waals surface area contributed by atoms with E-state index in [4.69, 9.17) is 9.84 Å². The Bertz CT molecular complexity index is 389. The zero-order valence-corrected chi connectivity index (χ0v) is 8.49. The fourth-order valence-electron chi connectivity index (χ4n) is 1.53. The van der Waals surface area contributed by atoms with E-state index in [2.05, 4.69) is 5.32 Å².